The van der Waals surface area contributed by atoms with Crippen LogP contribution in [0.15, 0.2) is 54.7 Å². The van der Waals surface area contributed by atoms with Gasteiger partial charge in [0.15, 0.2) is 0 Å². The molecule has 2 heterocycles. The van der Waals surface area contributed by atoms with Gasteiger partial charge in [0.05, 0.1) is 11.6 Å². The van der Waals surface area contributed by atoms with Crippen LogP contribution in [-0.2, 0) is 11.2 Å². The third kappa shape index (κ3) is 5.04. The van der Waals surface area contributed by atoms with E-state index in [9.17, 15) is 4.79 Å². The molecule has 0 N–H and O–H groups in total. The fourth-order valence-electron chi connectivity index (χ4n) is 4.88. The van der Waals surface area contributed by atoms with Gasteiger partial charge in [-0.05, 0) is 49.7 Å². The molecule has 1 saturated heterocycles. The summed E-state index contributed by atoms with van der Waals surface area (Å²) in [5, 5.41) is 9.13. The zero-order valence-electron chi connectivity index (χ0n) is 19.8. The predicted octanol–water partition coefficient (Wildman–Crippen LogP) is 4.02. The smallest absolute Gasteiger partial charge is 0.223 e. The Balaban J connectivity index is 1.25. The van der Waals surface area contributed by atoms with E-state index in [1.54, 1.807) is 24.0 Å². The summed E-state index contributed by atoms with van der Waals surface area (Å²) in [6, 6.07) is 16.0. The quantitative estimate of drug-likeness (QED) is 0.605. The van der Waals surface area contributed by atoms with Gasteiger partial charge in [-0.2, -0.15) is 5.26 Å². The number of hydrogen-bond acceptors (Lipinski definition) is 5. The van der Waals surface area contributed by atoms with Gasteiger partial charge < -0.3 is 14.7 Å². The molecule has 2 aliphatic rings. The second kappa shape index (κ2) is 10.1. The molecule has 2 aromatic carbocycles. The van der Waals surface area contributed by atoms with Gasteiger partial charge >= 0.3 is 0 Å². The summed E-state index contributed by atoms with van der Waals surface area (Å²) >= 11 is 0. The molecule has 0 saturated carbocycles. The highest BCUT2D eigenvalue weighted by Crippen LogP contribution is 2.38. The third-order valence-electron chi connectivity index (χ3n) is 6.83. The van der Waals surface area contributed by atoms with Gasteiger partial charge in [0.1, 0.15) is 0 Å². The lowest BCUT2D eigenvalue weighted by atomic mass is 10.1. The van der Waals surface area contributed by atoms with E-state index in [2.05, 4.69) is 52.6 Å². The van der Waals surface area contributed by atoms with E-state index in [-0.39, 0.29) is 5.91 Å². The normalized spacial score (nSPS) is 16.0. The molecular weight excluding hydrogens is 410 g/mol. The van der Waals surface area contributed by atoms with Crippen LogP contribution >= 0.6 is 0 Å². The summed E-state index contributed by atoms with van der Waals surface area (Å²) in [6.07, 6.45) is 2.93. The molecule has 4 rings (SSSR count). The van der Waals surface area contributed by atoms with E-state index in [1.165, 1.54) is 16.9 Å². The molecule has 0 unspecified atom stereocenters. The lowest BCUT2D eigenvalue weighted by Crippen LogP contribution is -2.47. The second-order valence-electron chi connectivity index (χ2n) is 8.95. The first-order chi connectivity index (χ1) is 16.0. The monoisotopic (exact) mass is 443 g/mol. The number of anilines is 3. The average Bonchev–Trinajstić information content (AvgIpc) is 3.13. The first-order valence-electron chi connectivity index (χ1n) is 11.8. The Hall–Kier alpha value is -3.30. The van der Waals surface area contributed by atoms with Crippen LogP contribution < -0.4 is 14.7 Å². The number of unbranched alkanes of at least 4 members (excludes halogenated alkanes) is 1. The van der Waals surface area contributed by atoms with E-state index in [0.717, 1.165) is 63.4 Å². The minimum atomic E-state index is 0.0161. The van der Waals surface area contributed by atoms with Gasteiger partial charge in [0.25, 0.3) is 0 Å². The summed E-state index contributed by atoms with van der Waals surface area (Å²) < 4.78 is 0. The maximum absolute atomic E-state index is 12.2. The van der Waals surface area contributed by atoms with Gasteiger partial charge in [0.2, 0.25) is 5.91 Å². The van der Waals surface area contributed by atoms with Crippen molar-refractivity contribution in [2.24, 2.45) is 0 Å². The minimum Gasteiger partial charge on any atom is -0.369 e. The Bertz CT molecular complexity index is 1060. The number of likely N-dealkylation sites (N-methyl/N-ethyl adjacent to an activating group) is 1. The van der Waals surface area contributed by atoms with Crippen molar-refractivity contribution in [2.75, 3.05) is 61.0 Å². The number of carbonyl (C=O) groups is 1. The Kier molecular flexibility index (Phi) is 7.00. The highest BCUT2D eigenvalue weighted by atomic mass is 16.2. The Morgan fingerprint density at radius 3 is 2.55 bits per heavy atom. The van der Waals surface area contributed by atoms with Crippen LogP contribution in [0.4, 0.5) is 17.1 Å². The molecule has 33 heavy (non-hydrogen) atoms. The molecule has 6 nitrogen and oxygen atoms in total. The van der Waals surface area contributed by atoms with Crippen molar-refractivity contribution in [2.45, 2.75) is 26.2 Å². The van der Waals surface area contributed by atoms with Crippen LogP contribution in [0.25, 0.3) is 0 Å². The van der Waals surface area contributed by atoms with Crippen molar-refractivity contribution < 1.29 is 4.79 Å². The number of nitriles is 1. The van der Waals surface area contributed by atoms with Crippen LogP contribution in [0, 0.1) is 11.3 Å². The number of fused-ring (bicyclic) bond motifs is 1. The third-order valence-corrected chi connectivity index (χ3v) is 6.83. The van der Waals surface area contributed by atoms with Gasteiger partial charge in [-0.15, -0.1) is 0 Å². The number of piperazine rings is 1. The molecule has 0 spiro atoms. The molecule has 0 radical (unpaired) electrons. The van der Waals surface area contributed by atoms with Gasteiger partial charge in [-0.3, -0.25) is 9.69 Å². The Labute approximate surface area is 197 Å². The topological polar surface area (TPSA) is 53.8 Å². The van der Waals surface area contributed by atoms with Crippen LogP contribution in [0.5, 0.6) is 0 Å². The molecule has 0 bridgehead atoms. The molecule has 1 amide bonds. The van der Waals surface area contributed by atoms with Gasteiger partial charge in [-0.25, -0.2) is 0 Å². The maximum Gasteiger partial charge on any atom is 0.223 e. The lowest BCUT2D eigenvalue weighted by molar-refractivity contribution is -0.116. The SMILES string of the molecule is C=C1Cc2c(N3CCN(CCCCN(C(C)=O)c4cccc(C#N)c4)CC3)cccc2N1C. The number of rotatable bonds is 7. The molecule has 0 aromatic heterocycles. The number of allylic oxidation sites excluding steroid dienone is 1. The van der Waals surface area contributed by atoms with E-state index in [4.69, 9.17) is 5.26 Å². The van der Waals surface area contributed by atoms with Crippen LogP contribution in [0.1, 0.15) is 30.9 Å². The second-order valence-corrected chi connectivity index (χ2v) is 8.95. The van der Waals surface area contributed by atoms with Crippen molar-refractivity contribution in [1.82, 2.24) is 4.90 Å². The maximum atomic E-state index is 12.2. The van der Waals surface area contributed by atoms with Crippen molar-refractivity contribution >= 4 is 23.0 Å². The molecule has 2 aromatic rings. The highest BCUT2D eigenvalue weighted by Gasteiger charge is 2.26. The first-order valence-corrected chi connectivity index (χ1v) is 11.8. The fraction of sp³-hybridized carbons (Fsp3) is 0.407. The minimum absolute atomic E-state index is 0.0161. The standard InChI is InChI=1S/C27H33N5O/c1-21-18-25-26(29(21)3)10-7-11-27(25)31-16-14-30(15-17-31)12-4-5-13-32(22(2)33)24-9-6-8-23(19-24)20-28/h6-11,19H,1,4-5,12-18H2,2-3H3. The number of benzene rings is 2. The van der Waals surface area contributed by atoms with Crippen LogP contribution in [-0.4, -0.2) is 57.1 Å². The highest BCUT2D eigenvalue weighted by molar-refractivity contribution is 5.91. The zero-order chi connectivity index (χ0) is 23.4. The molecule has 0 aliphatic carbocycles. The molecular formula is C27H33N5O. The number of carbonyl (C=O) groups excluding carboxylic acids is 1. The zero-order valence-corrected chi connectivity index (χ0v) is 19.8. The lowest BCUT2D eigenvalue weighted by Gasteiger charge is -2.37. The number of hydrogen-bond donors (Lipinski definition) is 0. The number of nitrogens with zero attached hydrogens (tertiary/aromatic N) is 5. The van der Waals surface area contributed by atoms with Crippen molar-refractivity contribution in [3.05, 3.63) is 65.9 Å². The average molecular weight is 444 g/mol. The first kappa shape index (κ1) is 22.9. The van der Waals surface area contributed by atoms with E-state index in [0.29, 0.717) is 12.1 Å². The van der Waals surface area contributed by atoms with Crippen molar-refractivity contribution in [3.8, 4) is 6.07 Å². The summed E-state index contributed by atoms with van der Waals surface area (Å²) in [7, 11) is 2.10. The van der Waals surface area contributed by atoms with Gasteiger partial charge in [-0.1, -0.05) is 18.7 Å². The van der Waals surface area contributed by atoms with E-state index >= 15 is 0 Å². The van der Waals surface area contributed by atoms with Crippen LogP contribution in [0.3, 0.4) is 0 Å². The summed E-state index contributed by atoms with van der Waals surface area (Å²) in [5.41, 5.74) is 6.60. The van der Waals surface area contributed by atoms with Crippen LogP contribution in [0.2, 0.25) is 0 Å². The van der Waals surface area contributed by atoms with E-state index in [1.807, 2.05) is 12.1 Å². The molecule has 2 aliphatic heterocycles. The van der Waals surface area contributed by atoms with Crippen molar-refractivity contribution in [3.63, 3.8) is 0 Å². The Morgan fingerprint density at radius 2 is 1.82 bits per heavy atom. The number of amides is 1. The Morgan fingerprint density at radius 1 is 1.09 bits per heavy atom. The molecule has 1 fully saturated rings. The van der Waals surface area contributed by atoms with Gasteiger partial charge in [0, 0.05) is 81.4 Å². The molecule has 6 heteroatoms. The summed E-state index contributed by atoms with van der Waals surface area (Å²) in [5.74, 6) is 0.0161. The summed E-state index contributed by atoms with van der Waals surface area (Å²) in [4.78, 5) is 21.2. The largest absolute Gasteiger partial charge is 0.369 e. The fourth-order valence-corrected chi connectivity index (χ4v) is 4.88. The molecule has 172 valence electrons. The van der Waals surface area contributed by atoms with Crippen molar-refractivity contribution in [1.29, 1.82) is 5.26 Å². The predicted molar refractivity (Wildman–Crippen MR) is 135 cm³/mol. The van der Waals surface area contributed by atoms with E-state index < -0.39 is 0 Å². The summed E-state index contributed by atoms with van der Waals surface area (Å²) in [6.45, 7) is 11.7. The molecule has 0 atom stereocenters.